The van der Waals surface area contributed by atoms with Crippen molar-refractivity contribution in [3.63, 3.8) is 0 Å². The van der Waals surface area contributed by atoms with Crippen LogP contribution in [0.25, 0.3) is 0 Å². The molecule has 0 aromatic rings. The summed E-state index contributed by atoms with van der Waals surface area (Å²) in [5.74, 6) is 0. The van der Waals surface area contributed by atoms with Crippen LogP contribution in [0.5, 0.6) is 0 Å². The molecule has 0 fully saturated rings. The van der Waals surface area contributed by atoms with Gasteiger partial charge in [0, 0.05) is 37.7 Å². The molecule has 0 saturated heterocycles. The van der Waals surface area contributed by atoms with Crippen LogP contribution < -0.4 is 0 Å². The molecule has 0 unspecified atom stereocenters. The molecular weight excluding hydrogens is 319 g/mol. The summed E-state index contributed by atoms with van der Waals surface area (Å²) in [6.45, 7) is 0. The Morgan fingerprint density at radius 3 is 1.14 bits per heavy atom. The average molecular weight is 321 g/mol. The van der Waals surface area contributed by atoms with Gasteiger partial charge in [-0.1, -0.05) is 0 Å². The standard InChI is InChI=1S/H2O4S.H2O.Pb/c1-5(2,3)4;;/h(H2,1,2,3,4);1H2;/p-2. The van der Waals surface area contributed by atoms with Gasteiger partial charge in [-0.3, -0.25) is 8.42 Å². The summed E-state index contributed by atoms with van der Waals surface area (Å²) in [6.07, 6.45) is 0. The van der Waals surface area contributed by atoms with Crippen molar-refractivity contribution in [1.29, 1.82) is 0 Å². The van der Waals surface area contributed by atoms with Crippen LogP contribution in [0.3, 0.4) is 0 Å². The zero-order chi connectivity index (χ0) is 4.50. The van der Waals surface area contributed by atoms with Crippen LogP contribution in [-0.2, 0) is 10.4 Å². The maximum absolute atomic E-state index is 8.52. The second-order valence-electron chi connectivity index (χ2n) is 0.408. The monoisotopic (exact) mass is 322 g/mol. The predicted octanol–water partition coefficient (Wildman–Crippen LogP) is -2.54. The fourth-order valence-corrected chi connectivity index (χ4v) is 0. The summed E-state index contributed by atoms with van der Waals surface area (Å²) < 4.78 is 34.1. The van der Waals surface area contributed by atoms with E-state index >= 15 is 0 Å². The molecule has 4 radical (unpaired) electrons. The number of rotatable bonds is 0. The first-order chi connectivity index (χ1) is 2.00. The van der Waals surface area contributed by atoms with Gasteiger partial charge in [-0.05, 0) is 0 Å². The van der Waals surface area contributed by atoms with E-state index in [0.29, 0.717) is 0 Å². The summed E-state index contributed by atoms with van der Waals surface area (Å²) in [5, 5.41) is 0. The largest absolute Gasteiger partial charge is 0.759 e. The topological polar surface area (TPSA) is 112 Å². The van der Waals surface area contributed by atoms with Crippen LogP contribution in [0.15, 0.2) is 0 Å². The van der Waals surface area contributed by atoms with E-state index in [2.05, 4.69) is 0 Å². The Balaban J connectivity index is -0.0000000800. The maximum Gasteiger partial charge on any atom is 0.0311 e. The Labute approximate surface area is 60.8 Å². The molecule has 0 amide bonds. The van der Waals surface area contributed by atoms with Crippen LogP contribution in [0.1, 0.15) is 0 Å². The minimum Gasteiger partial charge on any atom is -0.759 e. The van der Waals surface area contributed by atoms with Gasteiger partial charge < -0.3 is 14.6 Å². The van der Waals surface area contributed by atoms with Gasteiger partial charge in [0.05, 0.1) is 0 Å². The summed E-state index contributed by atoms with van der Waals surface area (Å²) >= 11 is 0. The Hall–Kier alpha value is 0.752. The van der Waals surface area contributed by atoms with Gasteiger partial charge in [0.25, 0.3) is 0 Å². The molecule has 0 spiro atoms. The third kappa shape index (κ3) is 270. The van der Waals surface area contributed by atoms with E-state index in [1.54, 1.807) is 0 Å². The van der Waals surface area contributed by atoms with Crippen molar-refractivity contribution in [2.45, 2.75) is 0 Å². The molecule has 0 aromatic heterocycles. The molecule has 0 heterocycles. The van der Waals surface area contributed by atoms with Crippen molar-refractivity contribution in [2.75, 3.05) is 0 Å². The molecule has 44 valence electrons. The molecule has 0 saturated carbocycles. The quantitative estimate of drug-likeness (QED) is 0.278. The molecule has 0 aliphatic heterocycles. The van der Waals surface area contributed by atoms with Crippen LogP contribution in [-0.4, -0.2) is 50.3 Å². The first-order valence-corrected chi connectivity index (χ1v) is 2.00. The summed E-state index contributed by atoms with van der Waals surface area (Å²) in [4.78, 5) is 0. The molecular formula is H2O5PbS-2. The third-order valence-corrected chi connectivity index (χ3v) is 0. The second-order valence-corrected chi connectivity index (χ2v) is 1.22. The molecule has 2 N–H and O–H groups in total. The van der Waals surface area contributed by atoms with E-state index < -0.39 is 10.4 Å². The fraction of sp³-hybridized carbons (Fsp3) is 0. The van der Waals surface area contributed by atoms with E-state index in [-0.39, 0.29) is 32.8 Å². The molecule has 0 atom stereocenters. The minimum atomic E-state index is -5.17. The Morgan fingerprint density at radius 1 is 1.14 bits per heavy atom. The van der Waals surface area contributed by atoms with Crippen molar-refractivity contribution >= 4 is 37.7 Å². The molecule has 0 bridgehead atoms. The SMILES string of the molecule is O.O=S(=O)([O-])[O-].[Pb]. The smallest absolute Gasteiger partial charge is 0.0311 e. The molecule has 0 aliphatic carbocycles. The summed E-state index contributed by atoms with van der Waals surface area (Å²) in [5.41, 5.74) is 0. The van der Waals surface area contributed by atoms with Gasteiger partial charge >= 0.3 is 0 Å². The van der Waals surface area contributed by atoms with Crippen molar-refractivity contribution in [2.24, 2.45) is 0 Å². The Kier molecular flexibility index (Phi) is 11.0. The fourth-order valence-electron chi connectivity index (χ4n) is 0. The second kappa shape index (κ2) is 4.90. The summed E-state index contributed by atoms with van der Waals surface area (Å²) in [7, 11) is -5.17. The zero-order valence-corrected chi connectivity index (χ0v) is 7.75. The minimum absolute atomic E-state index is 0. The normalized spacial score (nSPS) is 8.29. The molecule has 0 rings (SSSR count). The molecule has 7 heteroatoms. The Morgan fingerprint density at radius 2 is 1.14 bits per heavy atom. The van der Waals surface area contributed by atoms with Gasteiger partial charge in [0.2, 0.25) is 0 Å². The van der Waals surface area contributed by atoms with Crippen LogP contribution >= 0.6 is 0 Å². The summed E-state index contributed by atoms with van der Waals surface area (Å²) in [6, 6.07) is 0. The van der Waals surface area contributed by atoms with Gasteiger partial charge in [0.15, 0.2) is 0 Å². The van der Waals surface area contributed by atoms with E-state index in [0.717, 1.165) is 0 Å². The van der Waals surface area contributed by atoms with Gasteiger partial charge in [0.1, 0.15) is 0 Å². The first kappa shape index (κ1) is 15.7. The molecule has 0 aromatic carbocycles. The van der Waals surface area contributed by atoms with Crippen LogP contribution in [0.4, 0.5) is 0 Å². The van der Waals surface area contributed by atoms with Crippen molar-refractivity contribution < 1.29 is 23.0 Å². The molecule has 7 heavy (non-hydrogen) atoms. The van der Waals surface area contributed by atoms with Gasteiger partial charge in [-0.25, -0.2) is 0 Å². The third-order valence-electron chi connectivity index (χ3n) is 0. The number of hydrogen-bond donors (Lipinski definition) is 0. The molecule has 5 nitrogen and oxygen atoms in total. The first-order valence-electron chi connectivity index (χ1n) is 0.667. The van der Waals surface area contributed by atoms with E-state index in [1.165, 1.54) is 0 Å². The predicted molar refractivity (Wildman–Crippen MR) is 19.8 cm³/mol. The van der Waals surface area contributed by atoms with E-state index in [9.17, 15) is 0 Å². The average Bonchev–Trinajstić information content (AvgIpc) is 0.722. The van der Waals surface area contributed by atoms with Crippen molar-refractivity contribution in [1.82, 2.24) is 0 Å². The van der Waals surface area contributed by atoms with E-state index in [1.807, 2.05) is 0 Å². The van der Waals surface area contributed by atoms with Crippen molar-refractivity contribution in [3.05, 3.63) is 0 Å². The molecule has 0 aliphatic rings. The van der Waals surface area contributed by atoms with Crippen molar-refractivity contribution in [3.8, 4) is 0 Å². The van der Waals surface area contributed by atoms with Gasteiger partial charge in [-0.15, -0.1) is 0 Å². The van der Waals surface area contributed by atoms with Gasteiger partial charge in [-0.2, -0.15) is 0 Å². The van der Waals surface area contributed by atoms with Crippen LogP contribution in [0, 0.1) is 0 Å². The maximum atomic E-state index is 8.52. The zero-order valence-electron chi connectivity index (χ0n) is 3.04. The van der Waals surface area contributed by atoms with Crippen LogP contribution in [0.2, 0.25) is 0 Å². The number of hydrogen-bond acceptors (Lipinski definition) is 4. The van der Waals surface area contributed by atoms with E-state index in [4.69, 9.17) is 17.5 Å². The Bertz CT molecular complexity index is 91.2.